The van der Waals surface area contributed by atoms with Gasteiger partial charge in [0.15, 0.2) is 0 Å². The second kappa shape index (κ2) is 10.5. The van der Waals surface area contributed by atoms with E-state index in [1.807, 2.05) is 17.9 Å². The molecule has 1 unspecified atom stereocenters. The van der Waals surface area contributed by atoms with Gasteiger partial charge in [0, 0.05) is 39.8 Å². The van der Waals surface area contributed by atoms with E-state index < -0.39 is 0 Å². The lowest BCUT2D eigenvalue weighted by molar-refractivity contribution is 0.0533. The van der Waals surface area contributed by atoms with E-state index in [2.05, 4.69) is 41.1 Å². The second-order valence-electron chi connectivity index (χ2n) is 8.54. The van der Waals surface area contributed by atoms with E-state index in [0.29, 0.717) is 17.0 Å². The first kappa shape index (κ1) is 22.9. The van der Waals surface area contributed by atoms with Crippen LogP contribution < -0.4 is 0 Å². The fourth-order valence-electron chi connectivity index (χ4n) is 4.25. The highest BCUT2D eigenvalue weighted by atomic mass is 16.2. The zero-order valence-electron chi connectivity index (χ0n) is 19.2. The minimum atomic E-state index is -0.156. The SMILES string of the molecule is CCCN(C(=O)c1ccc(C(=O)N(C)C)nc1C)C1CCCN(Cc2ccccc2)C1. The van der Waals surface area contributed by atoms with Crippen molar-refractivity contribution in [2.24, 2.45) is 0 Å². The van der Waals surface area contributed by atoms with Gasteiger partial charge < -0.3 is 9.80 Å². The van der Waals surface area contributed by atoms with Gasteiger partial charge in [-0.15, -0.1) is 0 Å². The van der Waals surface area contributed by atoms with E-state index in [9.17, 15) is 9.59 Å². The molecule has 2 heterocycles. The third kappa shape index (κ3) is 5.70. The van der Waals surface area contributed by atoms with E-state index in [-0.39, 0.29) is 17.9 Å². The molecule has 1 aromatic heterocycles. The zero-order valence-corrected chi connectivity index (χ0v) is 19.2. The van der Waals surface area contributed by atoms with E-state index in [1.165, 1.54) is 10.5 Å². The molecule has 1 aliphatic rings. The quantitative estimate of drug-likeness (QED) is 0.684. The van der Waals surface area contributed by atoms with Crippen molar-refractivity contribution in [3.63, 3.8) is 0 Å². The molecular weight excluding hydrogens is 388 g/mol. The maximum atomic E-state index is 13.5. The van der Waals surface area contributed by atoms with E-state index in [0.717, 1.165) is 45.4 Å². The average Bonchev–Trinajstić information content (AvgIpc) is 2.77. The molecule has 0 spiro atoms. The summed E-state index contributed by atoms with van der Waals surface area (Å²) in [5.74, 6) is -0.140. The molecule has 0 aliphatic carbocycles. The van der Waals surface area contributed by atoms with Gasteiger partial charge in [-0.3, -0.25) is 14.5 Å². The number of hydrogen-bond donors (Lipinski definition) is 0. The van der Waals surface area contributed by atoms with Gasteiger partial charge in [-0.25, -0.2) is 4.98 Å². The third-order valence-corrected chi connectivity index (χ3v) is 5.84. The molecule has 31 heavy (non-hydrogen) atoms. The third-order valence-electron chi connectivity index (χ3n) is 5.84. The lowest BCUT2D eigenvalue weighted by Gasteiger charge is -2.39. The molecule has 1 atom stereocenters. The number of carbonyl (C=O) groups is 2. The van der Waals surface area contributed by atoms with Gasteiger partial charge in [0.1, 0.15) is 5.69 Å². The molecular formula is C25H34N4O2. The van der Waals surface area contributed by atoms with Crippen molar-refractivity contribution in [3.05, 3.63) is 65.0 Å². The molecule has 2 amide bonds. The minimum Gasteiger partial charge on any atom is -0.343 e. The Labute approximate surface area is 185 Å². The molecule has 0 radical (unpaired) electrons. The molecule has 0 saturated carbocycles. The number of likely N-dealkylation sites (tertiary alicyclic amines) is 1. The number of aromatic nitrogens is 1. The Hall–Kier alpha value is -2.73. The monoisotopic (exact) mass is 422 g/mol. The van der Waals surface area contributed by atoms with Crippen LogP contribution in [0, 0.1) is 6.92 Å². The molecule has 3 rings (SSSR count). The topological polar surface area (TPSA) is 56.8 Å². The largest absolute Gasteiger partial charge is 0.343 e. The fourth-order valence-corrected chi connectivity index (χ4v) is 4.25. The first-order chi connectivity index (χ1) is 14.9. The van der Waals surface area contributed by atoms with E-state index in [1.54, 1.807) is 26.2 Å². The van der Waals surface area contributed by atoms with Gasteiger partial charge in [-0.05, 0) is 50.4 Å². The van der Waals surface area contributed by atoms with E-state index >= 15 is 0 Å². The Morgan fingerprint density at radius 2 is 1.84 bits per heavy atom. The Bertz CT molecular complexity index is 898. The van der Waals surface area contributed by atoms with Crippen LogP contribution in [-0.2, 0) is 6.54 Å². The number of amides is 2. The normalized spacial score (nSPS) is 16.7. The van der Waals surface area contributed by atoms with Crippen molar-refractivity contribution in [1.29, 1.82) is 0 Å². The molecule has 1 fully saturated rings. The summed E-state index contributed by atoms with van der Waals surface area (Å²) in [6.07, 6.45) is 3.00. The van der Waals surface area contributed by atoms with Crippen LogP contribution >= 0.6 is 0 Å². The Morgan fingerprint density at radius 3 is 2.48 bits per heavy atom. The molecule has 166 valence electrons. The van der Waals surface area contributed by atoms with Crippen LogP contribution in [0.15, 0.2) is 42.5 Å². The summed E-state index contributed by atoms with van der Waals surface area (Å²) in [6, 6.07) is 14.1. The minimum absolute atomic E-state index is 0.0160. The van der Waals surface area contributed by atoms with Crippen LogP contribution in [0.4, 0.5) is 0 Å². The number of carbonyl (C=O) groups excluding carboxylic acids is 2. The van der Waals surface area contributed by atoms with Crippen molar-refractivity contribution in [3.8, 4) is 0 Å². The lowest BCUT2D eigenvalue weighted by Crippen LogP contribution is -2.50. The number of benzene rings is 1. The summed E-state index contributed by atoms with van der Waals surface area (Å²) >= 11 is 0. The van der Waals surface area contributed by atoms with Crippen molar-refractivity contribution in [2.45, 2.75) is 45.7 Å². The molecule has 6 heteroatoms. The zero-order chi connectivity index (χ0) is 22.4. The Kier molecular flexibility index (Phi) is 7.80. The summed E-state index contributed by atoms with van der Waals surface area (Å²) in [6.45, 7) is 7.49. The van der Waals surface area contributed by atoms with E-state index in [4.69, 9.17) is 0 Å². The molecule has 0 bridgehead atoms. The van der Waals surface area contributed by atoms with Gasteiger partial charge in [0.05, 0.1) is 11.3 Å². The van der Waals surface area contributed by atoms with Crippen LogP contribution in [-0.4, -0.2) is 71.3 Å². The summed E-state index contributed by atoms with van der Waals surface area (Å²) in [7, 11) is 3.40. The lowest BCUT2D eigenvalue weighted by atomic mass is 10.0. The number of rotatable bonds is 7. The van der Waals surface area contributed by atoms with Crippen LogP contribution in [0.5, 0.6) is 0 Å². The summed E-state index contributed by atoms with van der Waals surface area (Å²) < 4.78 is 0. The van der Waals surface area contributed by atoms with Gasteiger partial charge in [0.2, 0.25) is 0 Å². The molecule has 0 N–H and O–H groups in total. The molecule has 1 aromatic carbocycles. The van der Waals surface area contributed by atoms with Crippen molar-refractivity contribution < 1.29 is 9.59 Å². The number of piperidine rings is 1. The molecule has 1 saturated heterocycles. The first-order valence-corrected chi connectivity index (χ1v) is 11.2. The number of pyridine rings is 1. The van der Waals surface area contributed by atoms with Crippen molar-refractivity contribution in [1.82, 2.24) is 19.7 Å². The Morgan fingerprint density at radius 1 is 1.10 bits per heavy atom. The van der Waals surface area contributed by atoms with Gasteiger partial charge in [0.25, 0.3) is 11.8 Å². The summed E-state index contributed by atoms with van der Waals surface area (Å²) in [4.78, 5) is 36.1. The second-order valence-corrected chi connectivity index (χ2v) is 8.54. The maximum absolute atomic E-state index is 13.5. The van der Waals surface area contributed by atoms with Crippen LogP contribution in [0.25, 0.3) is 0 Å². The van der Waals surface area contributed by atoms with Crippen LogP contribution in [0.3, 0.4) is 0 Å². The number of nitrogens with zero attached hydrogens (tertiary/aromatic N) is 4. The fraction of sp³-hybridized carbons (Fsp3) is 0.480. The predicted molar refractivity (Wildman–Crippen MR) is 123 cm³/mol. The highest BCUT2D eigenvalue weighted by molar-refractivity contribution is 5.97. The first-order valence-electron chi connectivity index (χ1n) is 11.2. The van der Waals surface area contributed by atoms with Crippen molar-refractivity contribution >= 4 is 11.8 Å². The van der Waals surface area contributed by atoms with Gasteiger partial charge in [-0.1, -0.05) is 37.3 Å². The smallest absolute Gasteiger partial charge is 0.271 e. The van der Waals surface area contributed by atoms with Crippen LogP contribution in [0.2, 0.25) is 0 Å². The van der Waals surface area contributed by atoms with Crippen LogP contribution in [0.1, 0.15) is 58.3 Å². The Balaban J connectivity index is 1.76. The predicted octanol–water partition coefficient (Wildman–Crippen LogP) is 3.61. The number of hydrogen-bond acceptors (Lipinski definition) is 4. The van der Waals surface area contributed by atoms with Gasteiger partial charge >= 0.3 is 0 Å². The molecule has 2 aromatic rings. The number of aryl methyl sites for hydroxylation is 1. The van der Waals surface area contributed by atoms with Gasteiger partial charge in [-0.2, -0.15) is 0 Å². The highest BCUT2D eigenvalue weighted by Gasteiger charge is 2.30. The maximum Gasteiger partial charge on any atom is 0.271 e. The summed E-state index contributed by atoms with van der Waals surface area (Å²) in [5.41, 5.74) is 2.87. The molecule has 6 nitrogen and oxygen atoms in total. The average molecular weight is 423 g/mol. The molecule has 1 aliphatic heterocycles. The summed E-state index contributed by atoms with van der Waals surface area (Å²) in [5, 5.41) is 0. The van der Waals surface area contributed by atoms with Crippen molar-refractivity contribution in [2.75, 3.05) is 33.7 Å². The highest BCUT2D eigenvalue weighted by Crippen LogP contribution is 2.21. The standard InChI is InChI=1S/C25H34N4O2/c1-5-15-29(21-12-9-16-28(18-21)17-20-10-7-6-8-11-20)24(30)22-13-14-23(26-19(22)2)25(31)27(3)4/h6-8,10-11,13-14,21H,5,9,12,15-18H2,1-4H3.